The zero-order chi connectivity index (χ0) is 18.9. The minimum absolute atomic E-state index is 0.0540. The van der Waals surface area contributed by atoms with E-state index in [4.69, 9.17) is 4.74 Å². The highest BCUT2D eigenvalue weighted by molar-refractivity contribution is 9.10. The Morgan fingerprint density at radius 2 is 1.65 bits per heavy atom. The number of carbonyl (C=O) groups is 3. The van der Waals surface area contributed by atoms with Crippen molar-refractivity contribution in [1.29, 1.82) is 0 Å². The Hall–Kier alpha value is -2.47. The van der Waals surface area contributed by atoms with E-state index in [2.05, 4.69) is 21.2 Å². The SMILES string of the molecule is CC(=O)CCC(=O)[C@H](Cc1ccccc1)OC(=O)Nc1ccc(Br)cc1. The summed E-state index contributed by atoms with van der Waals surface area (Å²) in [6.45, 7) is 1.43. The number of anilines is 1. The lowest BCUT2D eigenvalue weighted by Crippen LogP contribution is -2.31. The maximum absolute atomic E-state index is 12.4. The normalized spacial score (nSPS) is 11.5. The summed E-state index contributed by atoms with van der Waals surface area (Å²) in [6, 6.07) is 16.3. The van der Waals surface area contributed by atoms with Gasteiger partial charge in [0.2, 0.25) is 0 Å². The van der Waals surface area contributed by atoms with Gasteiger partial charge in [-0.15, -0.1) is 0 Å². The van der Waals surface area contributed by atoms with Crippen LogP contribution in [0.15, 0.2) is 59.1 Å². The van der Waals surface area contributed by atoms with Gasteiger partial charge in [-0.1, -0.05) is 46.3 Å². The summed E-state index contributed by atoms with van der Waals surface area (Å²) in [5, 5.41) is 2.60. The van der Waals surface area contributed by atoms with Crippen molar-refractivity contribution in [1.82, 2.24) is 0 Å². The first-order chi connectivity index (χ1) is 12.4. The van der Waals surface area contributed by atoms with Gasteiger partial charge in [0.1, 0.15) is 5.78 Å². The van der Waals surface area contributed by atoms with Crippen LogP contribution >= 0.6 is 15.9 Å². The highest BCUT2D eigenvalue weighted by atomic mass is 79.9. The third-order valence-electron chi connectivity index (χ3n) is 3.69. The van der Waals surface area contributed by atoms with Crippen molar-refractivity contribution < 1.29 is 19.1 Å². The fraction of sp³-hybridized carbons (Fsp3) is 0.250. The van der Waals surface area contributed by atoms with Crippen molar-refractivity contribution in [2.24, 2.45) is 0 Å². The summed E-state index contributed by atoms with van der Waals surface area (Å²) in [7, 11) is 0. The van der Waals surface area contributed by atoms with Crippen molar-refractivity contribution in [2.45, 2.75) is 32.3 Å². The van der Waals surface area contributed by atoms with Crippen LogP contribution in [0.4, 0.5) is 10.5 Å². The molecular formula is C20H20BrNO4. The number of hydrogen-bond acceptors (Lipinski definition) is 4. The predicted octanol–water partition coefficient (Wildman–Crippen LogP) is 4.55. The van der Waals surface area contributed by atoms with Gasteiger partial charge in [0.15, 0.2) is 11.9 Å². The molecule has 0 saturated carbocycles. The molecule has 0 unspecified atom stereocenters. The molecule has 0 aliphatic carbocycles. The lowest BCUT2D eigenvalue weighted by molar-refractivity contribution is -0.129. The number of carbonyl (C=O) groups excluding carboxylic acids is 3. The quantitative estimate of drug-likeness (QED) is 0.683. The molecule has 0 radical (unpaired) electrons. The summed E-state index contributed by atoms with van der Waals surface area (Å²) in [5.41, 5.74) is 1.44. The number of Topliss-reactive ketones (excluding diaryl/α,β-unsaturated/α-hetero) is 2. The monoisotopic (exact) mass is 417 g/mol. The molecule has 2 rings (SSSR count). The molecule has 0 spiro atoms. The molecule has 2 aromatic rings. The zero-order valence-corrected chi connectivity index (χ0v) is 16.0. The van der Waals surface area contributed by atoms with Crippen LogP contribution in [0.3, 0.4) is 0 Å². The number of ketones is 2. The lowest BCUT2D eigenvalue weighted by Gasteiger charge is -2.17. The second kappa shape index (κ2) is 9.87. The van der Waals surface area contributed by atoms with Crippen molar-refractivity contribution in [3.63, 3.8) is 0 Å². The van der Waals surface area contributed by atoms with Gasteiger partial charge in [-0.25, -0.2) is 4.79 Å². The molecule has 0 aliphatic heterocycles. The molecule has 0 fully saturated rings. The van der Waals surface area contributed by atoms with E-state index < -0.39 is 12.2 Å². The van der Waals surface area contributed by atoms with E-state index in [1.165, 1.54) is 6.92 Å². The smallest absolute Gasteiger partial charge is 0.412 e. The number of amides is 1. The summed E-state index contributed by atoms with van der Waals surface area (Å²) in [4.78, 5) is 35.7. The second-order valence-corrected chi connectivity index (χ2v) is 6.80. The van der Waals surface area contributed by atoms with Gasteiger partial charge in [0.25, 0.3) is 0 Å². The molecule has 0 saturated heterocycles. The molecular weight excluding hydrogens is 398 g/mol. The largest absolute Gasteiger partial charge is 0.438 e. The Bertz CT molecular complexity index is 759. The van der Waals surface area contributed by atoms with E-state index in [-0.39, 0.29) is 30.8 Å². The Labute approximate surface area is 160 Å². The van der Waals surface area contributed by atoms with Crippen molar-refractivity contribution >= 4 is 39.3 Å². The van der Waals surface area contributed by atoms with E-state index in [0.29, 0.717) is 5.69 Å². The van der Waals surface area contributed by atoms with Gasteiger partial charge < -0.3 is 9.53 Å². The van der Waals surface area contributed by atoms with E-state index in [9.17, 15) is 14.4 Å². The Kier molecular flexibility index (Phi) is 7.53. The first kappa shape index (κ1) is 19.8. The maximum atomic E-state index is 12.4. The third-order valence-corrected chi connectivity index (χ3v) is 4.22. The number of rotatable bonds is 8. The van der Waals surface area contributed by atoms with Crippen LogP contribution in [-0.2, 0) is 20.7 Å². The molecule has 0 aliphatic rings. The fourth-order valence-corrected chi connectivity index (χ4v) is 2.58. The molecule has 0 bridgehead atoms. The van der Waals surface area contributed by atoms with Crippen LogP contribution in [0.5, 0.6) is 0 Å². The summed E-state index contributed by atoms with van der Waals surface area (Å²) >= 11 is 3.32. The Morgan fingerprint density at radius 1 is 1.00 bits per heavy atom. The Morgan fingerprint density at radius 3 is 2.27 bits per heavy atom. The predicted molar refractivity (Wildman–Crippen MR) is 103 cm³/mol. The highest BCUT2D eigenvalue weighted by Crippen LogP contribution is 2.16. The highest BCUT2D eigenvalue weighted by Gasteiger charge is 2.23. The zero-order valence-electron chi connectivity index (χ0n) is 14.4. The molecule has 1 amide bonds. The van der Waals surface area contributed by atoms with Gasteiger partial charge in [-0.3, -0.25) is 10.1 Å². The van der Waals surface area contributed by atoms with Crippen molar-refractivity contribution in [3.05, 3.63) is 64.6 Å². The van der Waals surface area contributed by atoms with Gasteiger partial charge in [-0.2, -0.15) is 0 Å². The van der Waals surface area contributed by atoms with E-state index in [0.717, 1.165) is 10.0 Å². The molecule has 136 valence electrons. The molecule has 1 atom stereocenters. The van der Waals surface area contributed by atoms with Crippen molar-refractivity contribution in [3.8, 4) is 0 Å². The maximum Gasteiger partial charge on any atom is 0.412 e. The molecule has 5 nitrogen and oxygen atoms in total. The van der Waals surface area contributed by atoms with Crippen LogP contribution in [0.1, 0.15) is 25.3 Å². The van der Waals surface area contributed by atoms with Gasteiger partial charge in [-0.05, 0) is 36.8 Å². The van der Waals surface area contributed by atoms with Crippen molar-refractivity contribution in [2.75, 3.05) is 5.32 Å². The number of benzene rings is 2. The second-order valence-electron chi connectivity index (χ2n) is 5.88. The first-order valence-electron chi connectivity index (χ1n) is 8.23. The average Bonchev–Trinajstić information content (AvgIpc) is 2.62. The lowest BCUT2D eigenvalue weighted by atomic mass is 10.0. The topological polar surface area (TPSA) is 72.5 Å². The Balaban J connectivity index is 2.04. The van der Waals surface area contributed by atoms with Gasteiger partial charge in [0, 0.05) is 29.4 Å². The van der Waals surface area contributed by atoms with Crippen LogP contribution in [0.2, 0.25) is 0 Å². The van der Waals surface area contributed by atoms with E-state index in [1.54, 1.807) is 24.3 Å². The first-order valence-corrected chi connectivity index (χ1v) is 9.02. The fourth-order valence-electron chi connectivity index (χ4n) is 2.32. The van der Waals surface area contributed by atoms with Crippen LogP contribution in [0, 0.1) is 0 Å². The van der Waals surface area contributed by atoms with E-state index in [1.807, 2.05) is 30.3 Å². The standard InChI is InChI=1S/C20H20BrNO4/c1-14(23)7-12-18(24)19(13-15-5-3-2-4-6-15)26-20(25)22-17-10-8-16(21)9-11-17/h2-6,8-11,19H,7,12-13H2,1H3,(H,22,25)/t19-/m0/s1. The van der Waals surface area contributed by atoms with Gasteiger partial charge >= 0.3 is 6.09 Å². The van der Waals surface area contributed by atoms with E-state index >= 15 is 0 Å². The molecule has 0 aromatic heterocycles. The minimum atomic E-state index is -0.938. The number of ether oxygens (including phenoxy) is 1. The molecule has 26 heavy (non-hydrogen) atoms. The summed E-state index contributed by atoms with van der Waals surface area (Å²) in [6.07, 6.45) is -1.18. The van der Waals surface area contributed by atoms with Crippen LogP contribution in [0.25, 0.3) is 0 Å². The number of nitrogens with one attached hydrogen (secondary N) is 1. The number of hydrogen-bond donors (Lipinski definition) is 1. The van der Waals surface area contributed by atoms with Gasteiger partial charge in [0.05, 0.1) is 0 Å². The molecule has 0 heterocycles. The van der Waals surface area contributed by atoms with Crippen LogP contribution in [-0.4, -0.2) is 23.8 Å². The summed E-state index contributed by atoms with van der Waals surface area (Å²) in [5.74, 6) is -0.342. The molecule has 1 N–H and O–H groups in total. The molecule has 2 aromatic carbocycles. The number of halogens is 1. The average molecular weight is 418 g/mol. The third kappa shape index (κ3) is 6.80. The summed E-state index contributed by atoms with van der Waals surface area (Å²) < 4.78 is 6.25. The van der Waals surface area contributed by atoms with Crippen LogP contribution < -0.4 is 5.32 Å². The minimum Gasteiger partial charge on any atom is -0.438 e. The molecule has 6 heteroatoms.